The third-order valence-corrected chi connectivity index (χ3v) is 7.93. The molecule has 1 amide bonds. The van der Waals surface area contributed by atoms with Gasteiger partial charge in [-0.1, -0.05) is 59.1 Å². The van der Waals surface area contributed by atoms with E-state index in [0.29, 0.717) is 4.34 Å². The van der Waals surface area contributed by atoms with Crippen molar-refractivity contribution in [1.82, 2.24) is 15.5 Å². The van der Waals surface area contributed by atoms with Gasteiger partial charge in [0.2, 0.25) is 5.91 Å². The van der Waals surface area contributed by atoms with Crippen LogP contribution in [0.4, 0.5) is 4.39 Å². The van der Waals surface area contributed by atoms with Gasteiger partial charge in [0.15, 0.2) is 8.68 Å². The van der Waals surface area contributed by atoms with E-state index in [4.69, 9.17) is 4.74 Å². The van der Waals surface area contributed by atoms with Gasteiger partial charge in [-0.05, 0) is 48.2 Å². The molecule has 4 rings (SSSR count). The molecule has 0 radical (unpaired) electrons. The second-order valence-electron chi connectivity index (χ2n) is 6.80. The van der Waals surface area contributed by atoms with Gasteiger partial charge in [0.1, 0.15) is 16.8 Å². The predicted octanol–water partition coefficient (Wildman–Crippen LogP) is 5.09. The number of hydrogen-bond acceptors (Lipinski definition) is 7. The van der Waals surface area contributed by atoms with Crippen LogP contribution in [0.1, 0.15) is 29.2 Å². The van der Waals surface area contributed by atoms with Gasteiger partial charge in [0, 0.05) is 11.8 Å². The van der Waals surface area contributed by atoms with Gasteiger partial charge in [0.05, 0.1) is 7.11 Å². The summed E-state index contributed by atoms with van der Waals surface area (Å²) in [4.78, 5) is 12.8. The average Bonchev–Trinajstić information content (AvgIpc) is 3.46. The van der Waals surface area contributed by atoms with Crippen LogP contribution >= 0.6 is 34.9 Å². The van der Waals surface area contributed by atoms with Gasteiger partial charge in [-0.3, -0.25) is 4.79 Å². The summed E-state index contributed by atoms with van der Waals surface area (Å²) in [6.45, 7) is 0. The molecule has 30 heavy (non-hydrogen) atoms. The van der Waals surface area contributed by atoms with E-state index >= 15 is 0 Å². The number of amides is 1. The molecule has 0 spiro atoms. The number of carbonyl (C=O) groups is 1. The minimum Gasteiger partial charge on any atom is -0.497 e. The Kier molecular flexibility index (Phi) is 6.91. The molecule has 3 aromatic rings. The van der Waals surface area contributed by atoms with Gasteiger partial charge in [-0.25, -0.2) is 4.39 Å². The Bertz CT molecular complexity index is 991. The van der Waals surface area contributed by atoms with Crippen LogP contribution in [0.15, 0.2) is 57.2 Å². The van der Waals surface area contributed by atoms with Gasteiger partial charge >= 0.3 is 0 Å². The van der Waals surface area contributed by atoms with E-state index in [0.717, 1.165) is 34.2 Å². The van der Waals surface area contributed by atoms with Crippen LogP contribution in [0.25, 0.3) is 0 Å². The van der Waals surface area contributed by atoms with Crippen molar-refractivity contribution in [1.29, 1.82) is 0 Å². The maximum Gasteiger partial charge on any atom is 0.238 e. The van der Waals surface area contributed by atoms with Crippen LogP contribution in [0.3, 0.4) is 0 Å². The molecule has 9 heteroatoms. The first-order chi connectivity index (χ1) is 14.6. The number of thioether (sulfide) groups is 2. The summed E-state index contributed by atoms with van der Waals surface area (Å²) in [7, 11) is 1.65. The Morgan fingerprint density at radius 2 is 1.87 bits per heavy atom. The Morgan fingerprint density at radius 1 is 1.17 bits per heavy atom. The SMILES string of the molecule is COc1ccc(CSc2nnc(SC(C(=O)NC3CC3)c3ccc(F)cc3)s2)cc1. The number of methoxy groups -OCH3 is 1. The molecule has 2 aromatic carbocycles. The fourth-order valence-corrected chi connectivity index (χ4v) is 5.86. The van der Waals surface area contributed by atoms with Crippen LogP contribution in [-0.2, 0) is 10.5 Å². The zero-order valence-electron chi connectivity index (χ0n) is 16.2. The molecular weight excluding hydrogens is 441 g/mol. The molecule has 1 fully saturated rings. The molecule has 156 valence electrons. The van der Waals surface area contributed by atoms with Gasteiger partial charge < -0.3 is 10.1 Å². The molecule has 1 N–H and O–H groups in total. The van der Waals surface area contributed by atoms with E-state index in [1.165, 1.54) is 40.8 Å². The largest absolute Gasteiger partial charge is 0.497 e. The Morgan fingerprint density at radius 3 is 2.53 bits per heavy atom. The Labute approximate surface area is 186 Å². The van der Waals surface area contributed by atoms with Crippen molar-refractivity contribution < 1.29 is 13.9 Å². The van der Waals surface area contributed by atoms with Crippen molar-refractivity contribution in [2.24, 2.45) is 0 Å². The van der Waals surface area contributed by atoms with Crippen molar-refractivity contribution >= 4 is 40.8 Å². The van der Waals surface area contributed by atoms with Crippen LogP contribution in [-0.4, -0.2) is 29.3 Å². The van der Waals surface area contributed by atoms with Crippen LogP contribution in [0.2, 0.25) is 0 Å². The third kappa shape index (κ3) is 5.74. The first kappa shape index (κ1) is 21.1. The molecular formula is C21H20FN3O2S3. The normalized spacial score (nSPS) is 14.3. The average molecular weight is 462 g/mol. The van der Waals surface area contributed by atoms with Gasteiger partial charge in [-0.2, -0.15) is 0 Å². The fraction of sp³-hybridized carbons (Fsp3) is 0.286. The summed E-state index contributed by atoms with van der Waals surface area (Å²) in [6, 6.07) is 14.2. The minimum atomic E-state index is -0.487. The zero-order valence-corrected chi connectivity index (χ0v) is 18.7. The number of rotatable bonds is 9. The molecule has 1 saturated carbocycles. The molecule has 1 heterocycles. The van der Waals surface area contributed by atoms with E-state index in [1.54, 1.807) is 31.0 Å². The van der Waals surface area contributed by atoms with E-state index in [2.05, 4.69) is 15.5 Å². The number of ether oxygens (including phenoxy) is 1. The summed E-state index contributed by atoms with van der Waals surface area (Å²) >= 11 is 4.42. The zero-order chi connectivity index (χ0) is 20.9. The number of aromatic nitrogens is 2. The highest BCUT2D eigenvalue weighted by Gasteiger charge is 2.30. The second-order valence-corrected chi connectivity index (χ2v) is 10.4. The first-order valence-electron chi connectivity index (χ1n) is 9.42. The molecule has 0 aliphatic heterocycles. The van der Waals surface area contributed by atoms with Crippen LogP contribution in [0.5, 0.6) is 5.75 Å². The van der Waals surface area contributed by atoms with Crippen molar-refractivity contribution in [3.63, 3.8) is 0 Å². The molecule has 1 atom stereocenters. The van der Waals surface area contributed by atoms with Crippen molar-refractivity contribution in [2.75, 3.05) is 7.11 Å². The molecule has 1 aliphatic carbocycles. The molecule has 0 saturated heterocycles. The molecule has 1 unspecified atom stereocenters. The lowest BCUT2D eigenvalue weighted by Crippen LogP contribution is -2.29. The van der Waals surface area contributed by atoms with E-state index < -0.39 is 5.25 Å². The molecule has 5 nitrogen and oxygen atoms in total. The van der Waals surface area contributed by atoms with Crippen molar-refractivity contribution in [3.8, 4) is 5.75 Å². The highest BCUT2D eigenvalue weighted by molar-refractivity contribution is 8.03. The molecule has 1 aliphatic rings. The van der Waals surface area contributed by atoms with E-state index in [9.17, 15) is 9.18 Å². The van der Waals surface area contributed by atoms with E-state index in [-0.39, 0.29) is 17.8 Å². The maximum absolute atomic E-state index is 13.3. The second kappa shape index (κ2) is 9.80. The lowest BCUT2D eigenvalue weighted by atomic mass is 10.1. The van der Waals surface area contributed by atoms with E-state index in [1.807, 2.05) is 24.3 Å². The number of nitrogens with zero attached hydrogens (tertiary/aromatic N) is 2. The summed E-state index contributed by atoms with van der Waals surface area (Å²) in [6.07, 6.45) is 2.02. The van der Waals surface area contributed by atoms with Crippen molar-refractivity contribution in [2.45, 2.75) is 38.6 Å². The lowest BCUT2D eigenvalue weighted by molar-refractivity contribution is -0.120. The standard InChI is InChI=1S/C21H20FN3O2S3/c1-27-17-10-2-13(3-11-17)12-28-20-24-25-21(30-20)29-18(19(26)23-16-8-9-16)14-4-6-15(22)7-5-14/h2-7,10-11,16,18H,8-9,12H2,1H3,(H,23,26). The van der Waals surface area contributed by atoms with Crippen molar-refractivity contribution in [3.05, 3.63) is 65.5 Å². The highest BCUT2D eigenvalue weighted by atomic mass is 32.2. The first-order valence-corrected chi connectivity index (χ1v) is 12.1. The lowest BCUT2D eigenvalue weighted by Gasteiger charge is -2.15. The minimum absolute atomic E-state index is 0.0725. The summed E-state index contributed by atoms with van der Waals surface area (Å²) < 4.78 is 20.1. The topological polar surface area (TPSA) is 64.1 Å². The predicted molar refractivity (Wildman–Crippen MR) is 119 cm³/mol. The number of benzene rings is 2. The Balaban J connectivity index is 1.41. The monoisotopic (exact) mass is 461 g/mol. The Hall–Kier alpha value is -2.10. The molecule has 1 aromatic heterocycles. The van der Waals surface area contributed by atoms with Gasteiger partial charge in [0.25, 0.3) is 0 Å². The number of hydrogen-bond donors (Lipinski definition) is 1. The molecule has 0 bridgehead atoms. The summed E-state index contributed by atoms with van der Waals surface area (Å²) in [5.41, 5.74) is 1.92. The van der Waals surface area contributed by atoms with Crippen LogP contribution in [0, 0.1) is 5.82 Å². The quantitative estimate of drug-likeness (QED) is 0.448. The summed E-state index contributed by atoms with van der Waals surface area (Å²) in [5, 5.41) is 11.1. The fourth-order valence-electron chi connectivity index (χ4n) is 2.69. The number of halogens is 1. The number of carbonyl (C=O) groups excluding carboxylic acids is 1. The highest BCUT2D eigenvalue weighted by Crippen LogP contribution is 2.40. The third-order valence-electron chi connectivity index (χ3n) is 4.46. The maximum atomic E-state index is 13.3. The number of nitrogens with one attached hydrogen (secondary N) is 1. The van der Waals surface area contributed by atoms with Crippen LogP contribution < -0.4 is 10.1 Å². The smallest absolute Gasteiger partial charge is 0.238 e. The summed E-state index contributed by atoms with van der Waals surface area (Å²) in [5.74, 6) is 1.21. The van der Waals surface area contributed by atoms with Gasteiger partial charge in [-0.15, -0.1) is 10.2 Å².